The minimum Gasteiger partial charge on any atom is -0.333 e. The van der Waals surface area contributed by atoms with E-state index in [9.17, 15) is 14.0 Å². The first-order chi connectivity index (χ1) is 13.5. The molecule has 2 N–H and O–H groups in total. The zero-order valence-corrected chi connectivity index (χ0v) is 16.9. The second-order valence-electron chi connectivity index (χ2n) is 6.60. The number of benzene rings is 1. The standard InChI is InChI=1S/C19H22ClFN4O2S/c20-17-10-15(21)4-3-14(17)12-24-5-7-25(8-6-24)13-18(26)23-19(27)22-11-16-2-1-9-28-16/h1-4,9-10H,5-8,11-13H2,(H2,22,23,26,27). The van der Waals surface area contributed by atoms with Gasteiger partial charge in [0.25, 0.3) is 0 Å². The Kier molecular flexibility index (Phi) is 7.38. The SMILES string of the molecule is O=C(CN1CCN(Cc2ccc(F)cc2Cl)CC1)NC(=O)NCc1cccs1. The molecule has 0 atom stereocenters. The molecule has 6 nitrogen and oxygen atoms in total. The lowest BCUT2D eigenvalue weighted by atomic mass is 10.2. The maximum Gasteiger partial charge on any atom is 0.321 e. The Morgan fingerprint density at radius 2 is 1.89 bits per heavy atom. The van der Waals surface area contributed by atoms with Crippen molar-refractivity contribution in [2.24, 2.45) is 0 Å². The molecule has 1 aromatic carbocycles. The summed E-state index contributed by atoms with van der Waals surface area (Å²) in [5.74, 6) is -0.664. The quantitative estimate of drug-likeness (QED) is 0.748. The highest BCUT2D eigenvalue weighted by molar-refractivity contribution is 7.09. The van der Waals surface area contributed by atoms with Crippen LogP contribution >= 0.6 is 22.9 Å². The van der Waals surface area contributed by atoms with Crippen LogP contribution in [0.1, 0.15) is 10.4 Å². The maximum atomic E-state index is 13.1. The van der Waals surface area contributed by atoms with Gasteiger partial charge in [-0.25, -0.2) is 9.18 Å². The van der Waals surface area contributed by atoms with Crippen molar-refractivity contribution >= 4 is 34.9 Å². The van der Waals surface area contributed by atoms with Crippen LogP contribution in [0, 0.1) is 5.82 Å². The van der Waals surface area contributed by atoms with Crippen LogP contribution in [0.15, 0.2) is 35.7 Å². The average molecular weight is 425 g/mol. The normalized spacial score (nSPS) is 15.4. The van der Waals surface area contributed by atoms with E-state index in [4.69, 9.17) is 11.6 Å². The molecular weight excluding hydrogens is 403 g/mol. The van der Waals surface area contributed by atoms with E-state index in [1.807, 2.05) is 22.4 Å². The number of hydrogen-bond donors (Lipinski definition) is 2. The van der Waals surface area contributed by atoms with Gasteiger partial charge in [-0.3, -0.25) is 19.9 Å². The molecule has 0 unspecified atom stereocenters. The van der Waals surface area contributed by atoms with Crippen molar-refractivity contribution in [3.63, 3.8) is 0 Å². The van der Waals surface area contributed by atoms with Crippen LogP contribution < -0.4 is 10.6 Å². The molecule has 1 fully saturated rings. The summed E-state index contributed by atoms with van der Waals surface area (Å²) in [6.07, 6.45) is 0. The summed E-state index contributed by atoms with van der Waals surface area (Å²) in [6.45, 7) is 4.19. The van der Waals surface area contributed by atoms with Crippen molar-refractivity contribution < 1.29 is 14.0 Å². The van der Waals surface area contributed by atoms with Crippen molar-refractivity contribution in [1.82, 2.24) is 20.4 Å². The second kappa shape index (κ2) is 9.97. The molecular formula is C19H22ClFN4O2S. The van der Waals surface area contributed by atoms with Crippen molar-refractivity contribution in [3.8, 4) is 0 Å². The zero-order chi connectivity index (χ0) is 19.9. The number of rotatable bonds is 6. The molecule has 0 radical (unpaired) electrons. The Labute approximate surface area is 172 Å². The van der Waals surface area contributed by atoms with Gasteiger partial charge in [-0.05, 0) is 29.1 Å². The van der Waals surface area contributed by atoms with Crippen molar-refractivity contribution in [2.45, 2.75) is 13.1 Å². The molecule has 9 heteroatoms. The molecule has 2 heterocycles. The van der Waals surface area contributed by atoms with E-state index in [1.54, 1.807) is 17.4 Å². The van der Waals surface area contributed by atoms with E-state index in [1.165, 1.54) is 12.1 Å². The molecule has 0 bridgehead atoms. The first kappa shape index (κ1) is 20.7. The maximum absolute atomic E-state index is 13.1. The smallest absolute Gasteiger partial charge is 0.321 e. The van der Waals surface area contributed by atoms with Gasteiger partial charge in [0.15, 0.2) is 0 Å². The fraction of sp³-hybridized carbons (Fsp3) is 0.368. The first-order valence-electron chi connectivity index (χ1n) is 8.98. The summed E-state index contributed by atoms with van der Waals surface area (Å²) in [6, 6.07) is 7.78. The molecule has 3 rings (SSSR count). The van der Waals surface area contributed by atoms with Gasteiger partial charge in [0.05, 0.1) is 13.1 Å². The van der Waals surface area contributed by atoms with Gasteiger partial charge in [-0.2, -0.15) is 0 Å². The molecule has 1 aliphatic heterocycles. The largest absolute Gasteiger partial charge is 0.333 e. The fourth-order valence-electron chi connectivity index (χ4n) is 2.99. The second-order valence-corrected chi connectivity index (χ2v) is 8.04. The number of carbonyl (C=O) groups excluding carboxylic acids is 2. The van der Waals surface area contributed by atoms with Gasteiger partial charge in [0.2, 0.25) is 5.91 Å². The summed E-state index contributed by atoms with van der Waals surface area (Å²) in [4.78, 5) is 29.1. The monoisotopic (exact) mass is 424 g/mol. The van der Waals surface area contributed by atoms with Gasteiger partial charge in [0, 0.05) is 42.6 Å². The summed E-state index contributed by atoms with van der Waals surface area (Å²) >= 11 is 7.63. The number of carbonyl (C=O) groups is 2. The molecule has 1 aliphatic rings. The number of imide groups is 1. The van der Waals surface area contributed by atoms with Crippen LogP contribution in [-0.2, 0) is 17.9 Å². The van der Waals surface area contributed by atoms with E-state index in [2.05, 4.69) is 15.5 Å². The lowest BCUT2D eigenvalue weighted by molar-refractivity contribution is -0.121. The molecule has 0 aliphatic carbocycles. The lowest BCUT2D eigenvalue weighted by Crippen LogP contribution is -2.50. The van der Waals surface area contributed by atoms with Crippen LogP contribution in [0.2, 0.25) is 5.02 Å². The Morgan fingerprint density at radius 3 is 2.57 bits per heavy atom. The predicted molar refractivity (Wildman–Crippen MR) is 108 cm³/mol. The number of thiophene rings is 1. The molecule has 3 amide bonds. The molecule has 1 aromatic heterocycles. The zero-order valence-electron chi connectivity index (χ0n) is 15.3. The molecule has 150 valence electrons. The number of hydrogen-bond acceptors (Lipinski definition) is 5. The third-order valence-corrected chi connectivity index (χ3v) is 5.73. The predicted octanol–water partition coefficient (Wildman–Crippen LogP) is 2.68. The number of piperazine rings is 1. The highest BCUT2D eigenvalue weighted by Gasteiger charge is 2.20. The Hall–Kier alpha value is -2.00. The summed E-state index contributed by atoms with van der Waals surface area (Å²) in [7, 11) is 0. The summed E-state index contributed by atoms with van der Waals surface area (Å²) in [5.41, 5.74) is 0.886. The number of halogens is 2. The van der Waals surface area contributed by atoms with Gasteiger partial charge >= 0.3 is 6.03 Å². The topological polar surface area (TPSA) is 64.7 Å². The first-order valence-corrected chi connectivity index (χ1v) is 10.2. The molecule has 1 saturated heterocycles. The van der Waals surface area contributed by atoms with E-state index in [-0.39, 0.29) is 18.3 Å². The Morgan fingerprint density at radius 1 is 1.14 bits per heavy atom. The molecule has 0 saturated carbocycles. The van der Waals surface area contributed by atoms with Gasteiger partial charge in [-0.1, -0.05) is 23.7 Å². The van der Waals surface area contributed by atoms with Crippen molar-refractivity contribution in [1.29, 1.82) is 0 Å². The van der Waals surface area contributed by atoms with Gasteiger partial charge in [0.1, 0.15) is 5.82 Å². The number of nitrogens with one attached hydrogen (secondary N) is 2. The van der Waals surface area contributed by atoms with Gasteiger partial charge < -0.3 is 5.32 Å². The fourth-order valence-corrected chi connectivity index (χ4v) is 3.86. The molecule has 0 spiro atoms. The van der Waals surface area contributed by atoms with E-state index in [0.717, 1.165) is 23.5 Å². The number of amides is 3. The van der Waals surface area contributed by atoms with E-state index >= 15 is 0 Å². The van der Waals surface area contributed by atoms with Crippen molar-refractivity contribution in [2.75, 3.05) is 32.7 Å². The minimum atomic E-state index is -0.483. The van der Waals surface area contributed by atoms with E-state index < -0.39 is 6.03 Å². The molecule has 2 aromatic rings. The van der Waals surface area contributed by atoms with Crippen LogP contribution in [0.25, 0.3) is 0 Å². The van der Waals surface area contributed by atoms with Gasteiger partial charge in [-0.15, -0.1) is 11.3 Å². The summed E-state index contributed by atoms with van der Waals surface area (Å²) < 4.78 is 13.1. The Bertz CT molecular complexity index is 810. The summed E-state index contributed by atoms with van der Waals surface area (Å²) in [5, 5.41) is 7.39. The highest BCUT2D eigenvalue weighted by Crippen LogP contribution is 2.19. The molecule has 28 heavy (non-hydrogen) atoms. The lowest BCUT2D eigenvalue weighted by Gasteiger charge is -2.34. The Balaban J connectivity index is 1.36. The minimum absolute atomic E-state index is 0.178. The number of nitrogens with zero attached hydrogens (tertiary/aromatic N) is 2. The van der Waals surface area contributed by atoms with Crippen LogP contribution in [0.3, 0.4) is 0 Å². The van der Waals surface area contributed by atoms with Crippen molar-refractivity contribution in [3.05, 3.63) is 57.0 Å². The van der Waals surface area contributed by atoms with Crippen LogP contribution in [0.5, 0.6) is 0 Å². The third kappa shape index (κ3) is 6.27. The third-order valence-electron chi connectivity index (χ3n) is 4.50. The van der Waals surface area contributed by atoms with E-state index in [0.29, 0.717) is 31.2 Å². The average Bonchev–Trinajstić information content (AvgIpc) is 3.17. The van der Waals surface area contributed by atoms with Crippen LogP contribution in [-0.4, -0.2) is 54.5 Å². The highest BCUT2D eigenvalue weighted by atomic mass is 35.5. The van der Waals surface area contributed by atoms with Crippen LogP contribution in [0.4, 0.5) is 9.18 Å². The number of urea groups is 1.